The number of aliphatic hydroxyl groups is 1. The van der Waals surface area contributed by atoms with E-state index in [1.165, 1.54) is 0 Å². The van der Waals surface area contributed by atoms with Crippen LogP contribution in [-0.4, -0.2) is 118 Å². The number of piperidine rings is 2. The Morgan fingerprint density at radius 1 is 0.662 bits per heavy atom. The van der Waals surface area contributed by atoms with Crippen LogP contribution in [0.25, 0.3) is 0 Å². The molecule has 6 heterocycles. The molecule has 2 aromatic carbocycles. The quantitative estimate of drug-likeness (QED) is 0.139. The van der Waals surface area contributed by atoms with Gasteiger partial charge in [-0.25, -0.2) is 26.4 Å². The van der Waals surface area contributed by atoms with Crippen LogP contribution >= 0.6 is 0 Å². The first-order valence-corrected chi connectivity index (χ1v) is 27.3. The molecule has 1 N–H and O–H groups in total. The molecule has 2 aliphatic carbocycles. The molecule has 0 spiro atoms. The van der Waals surface area contributed by atoms with E-state index >= 15 is 16.8 Å². The number of benzene rings is 2. The van der Waals surface area contributed by atoms with Crippen LogP contribution in [0.4, 0.5) is 9.59 Å². The second-order valence-corrected chi connectivity index (χ2v) is 23.7. The highest BCUT2D eigenvalue weighted by molar-refractivity contribution is 7.89. The molecule has 68 heavy (non-hydrogen) atoms. The van der Waals surface area contributed by atoms with Crippen molar-refractivity contribution in [2.24, 2.45) is 5.92 Å². The lowest BCUT2D eigenvalue weighted by molar-refractivity contribution is -0.0174. The number of hydrogen-bond acceptors (Lipinski definition) is 11. The van der Waals surface area contributed by atoms with Gasteiger partial charge >= 0.3 is 12.2 Å². The number of likely N-dealkylation sites (tertiary alicyclic amines) is 2. The summed E-state index contributed by atoms with van der Waals surface area (Å²) < 4.78 is 76.4. The van der Waals surface area contributed by atoms with Gasteiger partial charge in [-0.3, -0.25) is 9.97 Å². The summed E-state index contributed by atoms with van der Waals surface area (Å²) in [6.45, 7) is 3.47. The molecule has 17 heteroatoms. The minimum atomic E-state index is -4.18. The summed E-state index contributed by atoms with van der Waals surface area (Å²) >= 11 is 0. The van der Waals surface area contributed by atoms with Gasteiger partial charge in [0.25, 0.3) is 0 Å². The lowest BCUT2D eigenvalue weighted by atomic mass is 9.79. The van der Waals surface area contributed by atoms with E-state index in [-0.39, 0.29) is 28.4 Å². The lowest BCUT2D eigenvalue weighted by Crippen LogP contribution is -2.56. The molecular weight excluding hydrogens is 905 g/mol. The number of aromatic nitrogens is 2. The van der Waals surface area contributed by atoms with Crippen molar-refractivity contribution in [3.63, 3.8) is 0 Å². The molecule has 6 fully saturated rings. The number of ether oxygens (including phenoxy) is 2. The van der Waals surface area contributed by atoms with Crippen molar-refractivity contribution in [2.45, 2.75) is 148 Å². The van der Waals surface area contributed by atoms with Crippen molar-refractivity contribution < 1.29 is 41.0 Å². The molecular formula is C51H62N6O9S2. The van der Waals surface area contributed by atoms with Gasteiger partial charge in [-0.15, -0.1) is 0 Å². The molecule has 4 aliphatic heterocycles. The predicted molar refractivity (Wildman–Crippen MR) is 252 cm³/mol. The summed E-state index contributed by atoms with van der Waals surface area (Å²) in [5, 5.41) is 9.96. The van der Waals surface area contributed by atoms with Crippen molar-refractivity contribution in [1.82, 2.24) is 28.4 Å². The average Bonchev–Trinajstić information content (AvgIpc) is 4.17. The van der Waals surface area contributed by atoms with E-state index in [9.17, 15) is 14.7 Å². The Hall–Kier alpha value is -4.94. The van der Waals surface area contributed by atoms with Crippen molar-refractivity contribution in [3.05, 3.63) is 120 Å². The molecule has 15 nitrogen and oxygen atoms in total. The first-order chi connectivity index (χ1) is 32.8. The smallest absolute Gasteiger partial charge is 0.410 e. The van der Waals surface area contributed by atoms with Crippen LogP contribution in [0.5, 0.6) is 0 Å². The number of amides is 2. The largest absolute Gasteiger partial charge is 0.441 e. The monoisotopic (exact) mass is 966 g/mol. The molecule has 6 atom stereocenters. The highest BCUT2D eigenvalue weighted by atomic mass is 32.2. The van der Waals surface area contributed by atoms with Crippen molar-refractivity contribution in [1.29, 1.82) is 0 Å². The molecule has 2 aromatic heterocycles. The molecule has 4 saturated heterocycles. The number of carbonyl (C=O) groups is 2. The number of sulfonamides is 2. The van der Waals surface area contributed by atoms with E-state index in [2.05, 4.69) is 9.97 Å². The fourth-order valence-corrected chi connectivity index (χ4v) is 15.4. The number of carbonyl (C=O) groups excluding carboxylic acids is 2. The minimum absolute atomic E-state index is 0.0769. The Morgan fingerprint density at radius 3 is 1.82 bits per heavy atom. The molecule has 6 aliphatic rings. The van der Waals surface area contributed by atoms with Gasteiger partial charge in [0.05, 0.1) is 46.6 Å². The maximum atomic E-state index is 15.2. The second-order valence-electron chi connectivity index (χ2n) is 20.0. The van der Waals surface area contributed by atoms with Gasteiger partial charge < -0.3 is 24.4 Å². The summed E-state index contributed by atoms with van der Waals surface area (Å²) in [5.74, 6) is -0.0769. The highest BCUT2D eigenvalue weighted by Crippen LogP contribution is 2.55. The fraction of sp³-hybridized carbons (Fsp3) is 0.529. The molecule has 10 rings (SSSR count). The zero-order valence-electron chi connectivity index (χ0n) is 38.6. The number of hydrogen-bond donors (Lipinski definition) is 1. The topological polar surface area (TPSA) is 180 Å². The van der Waals surface area contributed by atoms with Crippen molar-refractivity contribution >= 4 is 32.2 Å². The van der Waals surface area contributed by atoms with E-state index < -0.39 is 67.6 Å². The third kappa shape index (κ3) is 9.04. The molecule has 362 valence electrons. The third-order valence-electron chi connectivity index (χ3n) is 15.5. The predicted octanol–water partition coefficient (Wildman–Crippen LogP) is 7.71. The Balaban J connectivity index is 0.955. The number of aliphatic hydroxyl groups excluding tert-OH is 1. The normalized spacial score (nSPS) is 27.1. The zero-order chi connectivity index (χ0) is 47.3. The maximum Gasteiger partial charge on any atom is 0.410 e. The molecule has 0 bridgehead atoms. The Labute approximate surface area is 399 Å². The molecule has 1 unspecified atom stereocenters. The standard InChI is InChI=1S/C51H62N6O9S2/c1-36-13-17-42(18-14-36)68(63,64)57-45(40-9-6-26-53-34-40)31-38(32-47(57)51(23-24-51)65-48(59)54-27-2-3-28-54)30-37-15-19-43(20-16-37)67(61,62)56-44(39-8-5-25-52-33-39)11-4-12-46(56)50(21-22-50)66-49(60)55-29-7-10-41(55)35-58/h5-6,8-9,13-20,25-26,33-34,38,41,44-47,58H,2-4,7,10-12,21-24,27-32,35H2,1H3/t38?,41-,44-,45-,46+,47+/m0/s1. The number of rotatable bonds is 13. The number of pyridine rings is 2. The van der Waals surface area contributed by atoms with Gasteiger partial charge in [0.2, 0.25) is 20.0 Å². The van der Waals surface area contributed by atoms with E-state index in [0.717, 1.165) is 47.9 Å². The molecule has 2 saturated carbocycles. The summed E-state index contributed by atoms with van der Waals surface area (Å²) in [5.41, 5.74) is 1.35. The molecule has 4 aromatic rings. The summed E-state index contributed by atoms with van der Waals surface area (Å²) in [4.78, 5) is 39.7. The van der Waals surface area contributed by atoms with Crippen LogP contribution in [0.3, 0.4) is 0 Å². The third-order valence-corrected chi connectivity index (χ3v) is 19.4. The average molecular weight is 967 g/mol. The summed E-state index contributed by atoms with van der Waals surface area (Å²) in [6.07, 6.45) is 14.5. The Kier molecular flexibility index (Phi) is 12.9. The summed E-state index contributed by atoms with van der Waals surface area (Å²) in [7, 11) is -8.30. The SMILES string of the molecule is Cc1ccc(S(=O)(=O)N2[C@H](c3cccnc3)CC(Cc3ccc(S(=O)(=O)N4[C@H](c5cccnc5)CCC[C@@H]4C4(OC(=O)N5CCC[C@H]5CO)CC4)cc3)C[C@@H]2C2(OC(=O)N3CCCC3)CC2)cc1. The van der Waals surface area contributed by atoms with E-state index in [0.29, 0.717) is 83.8 Å². The van der Waals surface area contributed by atoms with Crippen molar-refractivity contribution in [3.8, 4) is 0 Å². The second kappa shape index (κ2) is 18.8. The van der Waals surface area contributed by atoms with Gasteiger partial charge in [-0.2, -0.15) is 8.61 Å². The van der Waals surface area contributed by atoms with Crippen LogP contribution in [0, 0.1) is 12.8 Å². The highest BCUT2D eigenvalue weighted by Gasteiger charge is 2.62. The van der Waals surface area contributed by atoms with Gasteiger partial charge in [0, 0.05) is 44.4 Å². The minimum Gasteiger partial charge on any atom is -0.441 e. The van der Waals surface area contributed by atoms with Crippen LogP contribution in [-0.2, 0) is 35.9 Å². The van der Waals surface area contributed by atoms with Crippen LogP contribution in [0.15, 0.2) is 107 Å². The Morgan fingerprint density at radius 2 is 1.24 bits per heavy atom. The first kappa shape index (κ1) is 46.8. The molecule has 0 radical (unpaired) electrons. The van der Waals surface area contributed by atoms with E-state index in [1.807, 2.05) is 43.3 Å². The Bertz CT molecular complexity index is 2660. The summed E-state index contributed by atoms with van der Waals surface area (Å²) in [6, 6.07) is 18.6. The van der Waals surface area contributed by atoms with Crippen LogP contribution in [0.1, 0.15) is 118 Å². The van der Waals surface area contributed by atoms with Gasteiger partial charge in [0.1, 0.15) is 11.2 Å². The number of aryl methyl sites for hydroxylation is 1. The van der Waals surface area contributed by atoms with Gasteiger partial charge in [-0.1, -0.05) is 42.0 Å². The van der Waals surface area contributed by atoms with Crippen LogP contribution in [0.2, 0.25) is 0 Å². The van der Waals surface area contributed by atoms with Gasteiger partial charge in [-0.05, 0) is 156 Å². The lowest BCUT2D eigenvalue weighted by Gasteiger charge is -2.47. The maximum absolute atomic E-state index is 15.2. The van der Waals surface area contributed by atoms with Gasteiger partial charge in [0.15, 0.2) is 0 Å². The van der Waals surface area contributed by atoms with E-state index in [1.54, 1.807) is 79.6 Å². The fourth-order valence-electron chi connectivity index (χ4n) is 11.6. The zero-order valence-corrected chi connectivity index (χ0v) is 40.3. The first-order valence-electron chi connectivity index (χ1n) is 24.4. The van der Waals surface area contributed by atoms with Crippen LogP contribution < -0.4 is 0 Å². The van der Waals surface area contributed by atoms with E-state index in [4.69, 9.17) is 9.47 Å². The number of nitrogens with zero attached hydrogens (tertiary/aromatic N) is 6. The molecule has 2 amide bonds. The van der Waals surface area contributed by atoms with Crippen molar-refractivity contribution in [2.75, 3.05) is 26.2 Å².